The second-order valence-electron chi connectivity index (χ2n) is 8.50. The Labute approximate surface area is 140 Å². The van der Waals surface area contributed by atoms with Crippen molar-refractivity contribution in [3.8, 4) is 0 Å². The number of carbonyl (C=O) groups excluding carboxylic acids is 1. The van der Waals surface area contributed by atoms with Crippen molar-refractivity contribution in [3.05, 3.63) is 0 Å². The van der Waals surface area contributed by atoms with Crippen LogP contribution in [0.5, 0.6) is 0 Å². The Bertz CT molecular complexity index is 307. The summed E-state index contributed by atoms with van der Waals surface area (Å²) in [6.45, 7) is 20.3. The molecule has 1 N–H and O–H groups in total. The molecule has 5 nitrogen and oxygen atoms in total. The number of hydrogen-bond donors (Lipinski definition) is 1. The summed E-state index contributed by atoms with van der Waals surface area (Å²) in [6, 6.07) is 0.770. The van der Waals surface area contributed by atoms with Crippen LogP contribution in [0.4, 0.5) is 0 Å². The van der Waals surface area contributed by atoms with Crippen LogP contribution in [0.1, 0.15) is 6.42 Å². The summed E-state index contributed by atoms with van der Waals surface area (Å²) in [7, 11) is -8.11. The fourth-order valence-electron chi connectivity index (χ4n) is 2.08. The molecule has 0 bridgehead atoms. The van der Waals surface area contributed by atoms with Crippen LogP contribution in [0.25, 0.3) is 0 Å². The first-order valence-electron chi connectivity index (χ1n) is 7.96. The van der Waals surface area contributed by atoms with Gasteiger partial charge in [0.15, 0.2) is 25.0 Å². The van der Waals surface area contributed by atoms with E-state index in [0.717, 1.165) is 18.9 Å². The lowest BCUT2D eigenvalue weighted by Crippen LogP contribution is -2.60. The zero-order valence-electron chi connectivity index (χ0n) is 15.8. The molecule has 0 aromatic heterocycles. The molecule has 0 spiro atoms. The summed E-state index contributed by atoms with van der Waals surface area (Å²) < 4.78 is 19.6. The maximum Gasteiger partial charge on any atom is 0.469 e. The first kappa shape index (κ1) is 22.2. The van der Waals surface area contributed by atoms with Crippen molar-refractivity contribution in [2.75, 3.05) is 6.54 Å². The van der Waals surface area contributed by atoms with E-state index in [1.165, 1.54) is 0 Å². The fourth-order valence-corrected chi connectivity index (χ4v) is 16.7. The molecule has 0 rings (SSSR count). The summed E-state index contributed by atoms with van der Waals surface area (Å²) in [6.07, 6.45) is 1.56. The molecule has 1 amide bonds. The second-order valence-corrected chi connectivity index (χ2v) is 25.5. The van der Waals surface area contributed by atoms with E-state index in [1.807, 2.05) is 0 Å². The van der Waals surface area contributed by atoms with Gasteiger partial charge in [-0.1, -0.05) is 0 Å². The quantitative estimate of drug-likeness (QED) is 0.337. The summed E-state index contributed by atoms with van der Waals surface area (Å²) >= 11 is 0. The Morgan fingerprint density at radius 3 is 1.41 bits per heavy atom. The van der Waals surface area contributed by atoms with Crippen molar-refractivity contribution in [1.82, 2.24) is 5.32 Å². The van der Waals surface area contributed by atoms with Gasteiger partial charge < -0.3 is 17.7 Å². The van der Waals surface area contributed by atoms with Gasteiger partial charge in [-0.25, -0.2) is 0 Å². The summed E-state index contributed by atoms with van der Waals surface area (Å²) in [5.41, 5.74) is 0. The molecule has 0 aliphatic heterocycles. The van der Waals surface area contributed by atoms with E-state index in [1.54, 1.807) is 0 Å². The van der Waals surface area contributed by atoms with Gasteiger partial charge in [0.05, 0.1) is 0 Å². The highest BCUT2D eigenvalue weighted by atomic mass is 28.5. The highest BCUT2D eigenvalue weighted by Crippen LogP contribution is 2.29. The third-order valence-corrected chi connectivity index (χ3v) is 14.3. The molecule has 0 atom stereocenters. The summed E-state index contributed by atoms with van der Waals surface area (Å²) in [5, 5.41) is 2.72. The number of rotatable bonds is 11. The number of amides is 1. The van der Waals surface area contributed by atoms with Gasteiger partial charge in [-0.05, 0) is 65.3 Å². The SMILES string of the molecule is C[Si](C)(C)O[Si](CCCNC=O)(O[Si](C)(C)C)O[Si](C)(C)C. The molecule has 0 radical (unpaired) electrons. The van der Waals surface area contributed by atoms with Crippen molar-refractivity contribution in [2.45, 2.75) is 71.4 Å². The van der Waals surface area contributed by atoms with Gasteiger partial charge in [-0.15, -0.1) is 0 Å². The lowest BCUT2D eigenvalue weighted by atomic mass is 10.5. The minimum Gasteiger partial charge on any atom is -0.417 e. The van der Waals surface area contributed by atoms with E-state index in [2.05, 4.69) is 64.2 Å². The number of carbonyl (C=O) groups is 1. The van der Waals surface area contributed by atoms with Crippen LogP contribution in [0, 0.1) is 0 Å². The van der Waals surface area contributed by atoms with Crippen molar-refractivity contribution in [1.29, 1.82) is 0 Å². The molecular weight excluding hydrogens is 346 g/mol. The maximum absolute atomic E-state index is 10.4. The molecule has 0 heterocycles. The standard InChI is InChI=1S/C13H35NO4Si4/c1-19(2,3)16-22(17-20(4,5)6,18-21(7,8)9)12-10-11-14-13-15/h13H,10-12H2,1-9H3,(H,14,15). The lowest BCUT2D eigenvalue weighted by Gasteiger charge is -2.42. The molecule has 0 aromatic carbocycles. The maximum atomic E-state index is 10.4. The molecule has 0 saturated heterocycles. The highest BCUT2D eigenvalue weighted by molar-refractivity contribution is 6.90. The predicted octanol–water partition coefficient (Wildman–Crippen LogP) is 3.62. The van der Waals surface area contributed by atoms with Gasteiger partial charge in [-0.3, -0.25) is 4.79 Å². The fraction of sp³-hybridized carbons (Fsp3) is 0.923. The summed E-state index contributed by atoms with van der Waals surface area (Å²) in [4.78, 5) is 10.4. The van der Waals surface area contributed by atoms with Crippen LogP contribution in [0.2, 0.25) is 65.0 Å². The molecule has 0 aliphatic carbocycles. The molecule has 9 heteroatoms. The Hall–Kier alpha value is 0.218. The van der Waals surface area contributed by atoms with Crippen LogP contribution in [-0.4, -0.2) is 46.7 Å². The van der Waals surface area contributed by atoms with E-state index < -0.39 is 33.8 Å². The van der Waals surface area contributed by atoms with Crippen LogP contribution in [0.3, 0.4) is 0 Å². The number of hydrogen-bond acceptors (Lipinski definition) is 4. The van der Waals surface area contributed by atoms with E-state index in [-0.39, 0.29) is 0 Å². The molecule has 0 aliphatic rings. The van der Waals surface area contributed by atoms with Crippen LogP contribution in [-0.2, 0) is 17.1 Å². The van der Waals surface area contributed by atoms with Crippen molar-refractivity contribution >= 4 is 40.2 Å². The zero-order chi connectivity index (χ0) is 17.7. The first-order valence-corrected chi connectivity index (χ1v) is 20.1. The van der Waals surface area contributed by atoms with Crippen molar-refractivity contribution in [3.63, 3.8) is 0 Å². The topological polar surface area (TPSA) is 56.8 Å². The molecule has 0 saturated carbocycles. The predicted molar refractivity (Wildman–Crippen MR) is 103 cm³/mol. The van der Waals surface area contributed by atoms with E-state index in [9.17, 15) is 4.79 Å². The van der Waals surface area contributed by atoms with E-state index >= 15 is 0 Å². The molecular formula is C13H35NO4Si4. The molecule has 0 fully saturated rings. The largest absolute Gasteiger partial charge is 0.469 e. The molecule has 132 valence electrons. The minimum absolute atomic E-state index is 0.636. The van der Waals surface area contributed by atoms with Crippen LogP contribution < -0.4 is 5.32 Å². The third kappa shape index (κ3) is 11.7. The highest BCUT2D eigenvalue weighted by Gasteiger charge is 2.49. The smallest absolute Gasteiger partial charge is 0.417 e. The van der Waals surface area contributed by atoms with Gasteiger partial charge in [0.25, 0.3) is 0 Å². The Morgan fingerprint density at radius 1 is 0.773 bits per heavy atom. The lowest BCUT2D eigenvalue weighted by molar-refractivity contribution is -0.109. The second kappa shape index (κ2) is 8.36. The van der Waals surface area contributed by atoms with Crippen molar-refractivity contribution < 1.29 is 17.1 Å². The molecule has 0 unspecified atom stereocenters. The molecule has 0 aromatic rings. The number of nitrogens with one attached hydrogen (secondary N) is 1. The van der Waals surface area contributed by atoms with E-state index in [0.29, 0.717) is 6.54 Å². The van der Waals surface area contributed by atoms with Gasteiger partial charge in [0, 0.05) is 12.6 Å². The van der Waals surface area contributed by atoms with Gasteiger partial charge in [0.1, 0.15) is 0 Å². The Morgan fingerprint density at radius 2 is 1.14 bits per heavy atom. The average molecular weight is 382 g/mol. The minimum atomic E-state index is -2.72. The Balaban J connectivity index is 5.33. The van der Waals surface area contributed by atoms with Gasteiger partial charge >= 0.3 is 8.80 Å². The third-order valence-electron chi connectivity index (χ3n) is 2.27. The van der Waals surface area contributed by atoms with Crippen molar-refractivity contribution in [2.24, 2.45) is 0 Å². The Kier molecular flexibility index (Phi) is 8.44. The average Bonchev–Trinajstić information content (AvgIpc) is 2.16. The summed E-state index contributed by atoms with van der Waals surface area (Å²) in [5.74, 6) is 0. The molecule has 22 heavy (non-hydrogen) atoms. The van der Waals surface area contributed by atoms with Crippen LogP contribution >= 0.6 is 0 Å². The van der Waals surface area contributed by atoms with Gasteiger partial charge in [0.2, 0.25) is 6.41 Å². The zero-order valence-corrected chi connectivity index (χ0v) is 19.8. The van der Waals surface area contributed by atoms with Crippen LogP contribution in [0.15, 0.2) is 0 Å². The van der Waals surface area contributed by atoms with E-state index in [4.69, 9.17) is 12.3 Å². The normalized spacial score (nSPS) is 14.0. The first-order chi connectivity index (χ1) is 9.68. The van der Waals surface area contributed by atoms with Gasteiger partial charge in [-0.2, -0.15) is 0 Å². The monoisotopic (exact) mass is 381 g/mol.